The van der Waals surface area contributed by atoms with Gasteiger partial charge in [0.25, 0.3) is 0 Å². The summed E-state index contributed by atoms with van der Waals surface area (Å²) < 4.78 is 5.00. The summed E-state index contributed by atoms with van der Waals surface area (Å²) in [5, 5.41) is 9.61. The van der Waals surface area contributed by atoms with Crippen LogP contribution in [-0.2, 0) is 5.60 Å². The summed E-state index contributed by atoms with van der Waals surface area (Å²) in [6.45, 7) is 3.28. The second-order valence-electron chi connectivity index (χ2n) is 2.42. The zero-order valence-corrected chi connectivity index (χ0v) is 6.59. The molecule has 0 aliphatic carbocycles. The summed E-state index contributed by atoms with van der Waals surface area (Å²) in [7, 11) is 0. The first-order chi connectivity index (χ1) is 5.17. The largest absolute Gasteiger partial charge is 0.465 e. The Morgan fingerprint density at radius 2 is 2.36 bits per heavy atom. The van der Waals surface area contributed by atoms with E-state index in [1.54, 1.807) is 26.0 Å². The van der Waals surface area contributed by atoms with Crippen molar-refractivity contribution in [3.8, 4) is 11.8 Å². The predicted molar refractivity (Wildman–Crippen MR) is 41.7 cm³/mol. The van der Waals surface area contributed by atoms with E-state index in [0.29, 0.717) is 5.76 Å². The Kier molecular flexibility index (Phi) is 2.02. The van der Waals surface area contributed by atoms with Gasteiger partial charge in [-0.3, -0.25) is 0 Å². The van der Waals surface area contributed by atoms with Crippen LogP contribution in [0.5, 0.6) is 0 Å². The lowest BCUT2D eigenvalue weighted by Gasteiger charge is -2.11. The lowest BCUT2D eigenvalue weighted by molar-refractivity contribution is 0.0954. The number of furan rings is 1. The minimum Gasteiger partial charge on any atom is -0.465 e. The van der Waals surface area contributed by atoms with Gasteiger partial charge in [-0.25, -0.2) is 0 Å². The third-order valence-corrected chi connectivity index (χ3v) is 1.37. The van der Waals surface area contributed by atoms with Crippen molar-refractivity contribution in [2.45, 2.75) is 19.4 Å². The van der Waals surface area contributed by atoms with Crippen molar-refractivity contribution < 1.29 is 9.52 Å². The summed E-state index contributed by atoms with van der Waals surface area (Å²) in [6, 6.07) is 3.42. The van der Waals surface area contributed by atoms with Crippen molar-refractivity contribution >= 4 is 0 Å². The summed E-state index contributed by atoms with van der Waals surface area (Å²) in [4.78, 5) is 0. The molecule has 1 aromatic rings. The molecule has 0 spiro atoms. The molecule has 0 aromatic carbocycles. The molecule has 0 radical (unpaired) electrons. The van der Waals surface area contributed by atoms with Crippen LogP contribution in [0.4, 0.5) is 0 Å². The van der Waals surface area contributed by atoms with Crippen LogP contribution < -0.4 is 0 Å². The first kappa shape index (κ1) is 7.90. The van der Waals surface area contributed by atoms with Gasteiger partial charge in [-0.1, -0.05) is 5.92 Å². The smallest absolute Gasteiger partial charge is 0.180 e. The Balaban J connectivity index is 2.96. The average molecular weight is 150 g/mol. The summed E-state index contributed by atoms with van der Waals surface area (Å²) >= 11 is 0. The van der Waals surface area contributed by atoms with Crippen LogP contribution in [0.25, 0.3) is 0 Å². The number of hydrogen-bond acceptors (Lipinski definition) is 2. The fourth-order valence-corrected chi connectivity index (χ4v) is 0.861. The van der Waals surface area contributed by atoms with E-state index in [0.717, 1.165) is 0 Å². The van der Waals surface area contributed by atoms with E-state index < -0.39 is 5.60 Å². The predicted octanol–water partition coefficient (Wildman–Crippen LogP) is 1.51. The molecular weight excluding hydrogens is 140 g/mol. The molecule has 2 nitrogen and oxygen atoms in total. The van der Waals surface area contributed by atoms with E-state index in [4.69, 9.17) is 4.42 Å². The SMILES string of the molecule is CC#CC(C)(O)c1ccco1. The molecule has 0 saturated carbocycles. The van der Waals surface area contributed by atoms with Gasteiger partial charge in [0.15, 0.2) is 5.60 Å². The highest BCUT2D eigenvalue weighted by atomic mass is 16.4. The van der Waals surface area contributed by atoms with Gasteiger partial charge in [0.05, 0.1) is 6.26 Å². The topological polar surface area (TPSA) is 33.4 Å². The zero-order chi connectivity index (χ0) is 8.32. The van der Waals surface area contributed by atoms with Crippen LogP contribution in [0, 0.1) is 11.8 Å². The number of rotatable bonds is 1. The second kappa shape index (κ2) is 2.81. The van der Waals surface area contributed by atoms with Crippen molar-refractivity contribution in [1.29, 1.82) is 0 Å². The fraction of sp³-hybridized carbons (Fsp3) is 0.333. The maximum atomic E-state index is 9.61. The van der Waals surface area contributed by atoms with Crippen molar-refractivity contribution in [3.05, 3.63) is 24.2 Å². The fourth-order valence-electron chi connectivity index (χ4n) is 0.861. The second-order valence-corrected chi connectivity index (χ2v) is 2.42. The molecule has 0 amide bonds. The number of hydrogen-bond donors (Lipinski definition) is 1. The molecule has 0 aliphatic heterocycles. The maximum Gasteiger partial charge on any atom is 0.180 e. The van der Waals surface area contributed by atoms with Crippen molar-refractivity contribution in [3.63, 3.8) is 0 Å². The van der Waals surface area contributed by atoms with E-state index in [9.17, 15) is 5.11 Å². The molecule has 1 atom stereocenters. The van der Waals surface area contributed by atoms with Crippen LogP contribution >= 0.6 is 0 Å². The first-order valence-electron chi connectivity index (χ1n) is 3.37. The van der Waals surface area contributed by atoms with E-state index in [2.05, 4.69) is 11.8 Å². The van der Waals surface area contributed by atoms with Crippen molar-refractivity contribution in [2.24, 2.45) is 0 Å². The minimum atomic E-state index is -1.15. The highest BCUT2D eigenvalue weighted by Gasteiger charge is 2.22. The lowest BCUT2D eigenvalue weighted by Crippen LogP contribution is -2.17. The standard InChI is InChI=1S/C9H10O2/c1-3-6-9(2,10)8-5-4-7-11-8/h4-5,7,10H,1-2H3. The molecular formula is C9H10O2. The molecule has 0 bridgehead atoms. The molecule has 1 unspecified atom stereocenters. The summed E-state index contributed by atoms with van der Waals surface area (Å²) in [6.07, 6.45) is 1.52. The van der Waals surface area contributed by atoms with Gasteiger partial charge in [0.1, 0.15) is 5.76 Å². The van der Waals surface area contributed by atoms with Crippen molar-refractivity contribution in [1.82, 2.24) is 0 Å². The summed E-state index contributed by atoms with van der Waals surface area (Å²) in [5.74, 6) is 5.75. The zero-order valence-electron chi connectivity index (χ0n) is 6.59. The van der Waals surface area contributed by atoms with Gasteiger partial charge in [0, 0.05) is 0 Å². The molecule has 58 valence electrons. The minimum absolute atomic E-state index is 0.479. The monoisotopic (exact) mass is 150 g/mol. The van der Waals surface area contributed by atoms with Gasteiger partial charge in [-0.2, -0.15) is 0 Å². The maximum absolute atomic E-state index is 9.61. The van der Waals surface area contributed by atoms with Gasteiger partial charge >= 0.3 is 0 Å². The van der Waals surface area contributed by atoms with E-state index in [1.165, 1.54) is 6.26 Å². The third-order valence-electron chi connectivity index (χ3n) is 1.37. The molecule has 1 N–H and O–H groups in total. The highest BCUT2D eigenvalue weighted by Crippen LogP contribution is 2.19. The van der Waals surface area contributed by atoms with Crippen LogP contribution in [-0.4, -0.2) is 5.11 Å². The molecule has 1 rings (SSSR count). The van der Waals surface area contributed by atoms with E-state index in [1.807, 2.05) is 0 Å². The van der Waals surface area contributed by atoms with Crippen LogP contribution in [0.3, 0.4) is 0 Å². The van der Waals surface area contributed by atoms with Crippen LogP contribution in [0.2, 0.25) is 0 Å². The Morgan fingerprint density at radius 3 is 2.82 bits per heavy atom. The lowest BCUT2D eigenvalue weighted by atomic mass is 10.1. The Hall–Kier alpha value is -1.20. The Morgan fingerprint density at radius 1 is 1.64 bits per heavy atom. The molecule has 1 aromatic heterocycles. The van der Waals surface area contributed by atoms with Gasteiger partial charge in [0.2, 0.25) is 0 Å². The number of aliphatic hydroxyl groups is 1. The Labute approximate surface area is 65.8 Å². The highest BCUT2D eigenvalue weighted by molar-refractivity contribution is 5.21. The molecule has 0 fully saturated rings. The van der Waals surface area contributed by atoms with E-state index >= 15 is 0 Å². The van der Waals surface area contributed by atoms with Crippen LogP contribution in [0.1, 0.15) is 19.6 Å². The summed E-state index contributed by atoms with van der Waals surface area (Å²) in [5.41, 5.74) is -1.15. The van der Waals surface area contributed by atoms with E-state index in [-0.39, 0.29) is 0 Å². The molecule has 2 heteroatoms. The molecule has 0 aliphatic rings. The molecule has 1 heterocycles. The van der Waals surface area contributed by atoms with Gasteiger partial charge in [-0.15, -0.1) is 5.92 Å². The first-order valence-corrected chi connectivity index (χ1v) is 3.37. The Bertz CT molecular complexity index is 272. The quantitative estimate of drug-likeness (QED) is 0.615. The molecule has 0 saturated heterocycles. The van der Waals surface area contributed by atoms with Crippen molar-refractivity contribution in [2.75, 3.05) is 0 Å². The molecule has 11 heavy (non-hydrogen) atoms. The normalized spacial score (nSPS) is 14.8. The van der Waals surface area contributed by atoms with Gasteiger partial charge in [-0.05, 0) is 26.0 Å². The van der Waals surface area contributed by atoms with Crippen LogP contribution in [0.15, 0.2) is 22.8 Å². The average Bonchev–Trinajstić information content (AvgIpc) is 2.37. The van der Waals surface area contributed by atoms with Gasteiger partial charge < -0.3 is 9.52 Å². The third kappa shape index (κ3) is 1.63.